The molecule has 22 heavy (non-hydrogen) atoms. The maximum Gasteiger partial charge on any atom is 0.300 e. The second-order valence-electron chi connectivity index (χ2n) is 4.76. The summed E-state index contributed by atoms with van der Waals surface area (Å²) < 4.78 is 38.2. The number of amides is 1. The van der Waals surface area contributed by atoms with Gasteiger partial charge in [0.1, 0.15) is 17.3 Å². The molecule has 0 aliphatic rings. The minimum absolute atomic E-state index is 0.00739. The Kier molecular flexibility index (Phi) is 4.38. The van der Waals surface area contributed by atoms with Crippen molar-refractivity contribution >= 4 is 15.9 Å². The molecule has 2 aromatic heterocycles. The quantitative estimate of drug-likeness (QED) is 0.875. The van der Waals surface area contributed by atoms with E-state index in [1.807, 2.05) is 4.72 Å². The molecule has 120 valence electrons. The number of aromatic nitrogens is 2. The number of aryl methyl sites for hydroxylation is 2. The maximum atomic E-state index is 12.4. The summed E-state index contributed by atoms with van der Waals surface area (Å²) >= 11 is 0. The van der Waals surface area contributed by atoms with Crippen molar-refractivity contribution in [2.45, 2.75) is 25.3 Å². The van der Waals surface area contributed by atoms with Gasteiger partial charge in [-0.25, -0.2) is 13.1 Å². The summed E-state index contributed by atoms with van der Waals surface area (Å²) in [5, 5.41) is 4.03. The lowest BCUT2D eigenvalue weighted by molar-refractivity contribution is 0.0945. The van der Waals surface area contributed by atoms with Crippen LogP contribution in [0.25, 0.3) is 0 Å². The summed E-state index contributed by atoms with van der Waals surface area (Å²) in [6.45, 7) is 3.37. The average molecular weight is 327 g/mol. The topological polar surface area (TPSA) is 103 Å². The zero-order valence-electron chi connectivity index (χ0n) is 12.7. The highest BCUT2D eigenvalue weighted by molar-refractivity contribution is 7.90. The summed E-state index contributed by atoms with van der Waals surface area (Å²) in [7, 11) is -0.907. The molecule has 2 rings (SSSR count). The number of furan rings is 1. The van der Waals surface area contributed by atoms with E-state index in [0.29, 0.717) is 17.1 Å². The van der Waals surface area contributed by atoms with Crippen molar-refractivity contribution in [2.75, 3.05) is 7.11 Å². The van der Waals surface area contributed by atoms with E-state index < -0.39 is 15.9 Å². The van der Waals surface area contributed by atoms with E-state index >= 15 is 0 Å². The number of nitrogens with one attached hydrogen (secondary N) is 1. The SMILES string of the molecule is COCc1ccc(C(=O)NS(=O)(=O)c2c(C)nn(C)c2C)o1. The predicted octanol–water partition coefficient (Wildman–Crippen LogP) is 0.895. The van der Waals surface area contributed by atoms with E-state index in [2.05, 4.69) is 5.10 Å². The molecular formula is C13H17N3O5S. The van der Waals surface area contributed by atoms with E-state index in [9.17, 15) is 13.2 Å². The fourth-order valence-corrected chi connectivity index (χ4v) is 3.48. The number of hydrogen-bond donors (Lipinski definition) is 1. The van der Waals surface area contributed by atoms with Gasteiger partial charge in [0.15, 0.2) is 5.76 Å². The third-order valence-electron chi connectivity index (χ3n) is 3.11. The number of methoxy groups -OCH3 is 1. The largest absolute Gasteiger partial charge is 0.453 e. The van der Waals surface area contributed by atoms with Crippen molar-refractivity contribution in [3.05, 3.63) is 35.0 Å². The summed E-state index contributed by atoms with van der Waals surface area (Å²) in [4.78, 5) is 12.0. The molecule has 8 nitrogen and oxygen atoms in total. The highest BCUT2D eigenvalue weighted by Gasteiger charge is 2.27. The molecule has 0 saturated carbocycles. The lowest BCUT2D eigenvalue weighted by Gasteiger charge is -2.06. The summed E-state index contributed by atoms with van der Waals surface area (Å²) in [6.07, 6.45) is 0. The number of hydrogen-bond acceptors (Lipinski definition) is 6. The fourth-order valence-electron chi connectivity index (χ4n) is 2.09. The van der Waals surface area contributed by atoms with Crippen LogP contribution in [0.15, 0.2) is 21.4 Å². The first-order valence-corrected chi connectivity index (χ1v) is 7.89. The summed E-state index contributed by atoms with van der Waals surface area (Å²) in [5.41, 5.74) is 0.761. The number of rotatable bonds is 5. The van der Waals surface area contributed by atoms with Crippen LogP contribution in [-0.4, -0.2) is 31.2 Å². The van der Waals surface area contributed by atoms with Gasteiger partial charge in [-0.1, -0.05) is 0 Å². The van der Waals surface area contributed by atoms with Crippen LogP contribution in [0.3, 0.4) is 0 Å². The van der Waals surface area contributed by atoms with Gasteiger partial charge >= 0.3 is 5.91 Å². The third-order valence-corrected chi connectivity index (χ3v) is 4.69. The Morgan fingerprint density at radius 3 is 2.64 bits per heavy atom. The summed E-state index contributed by atoms with van der Waals surface area (Å²) in [6, 6.07) is 2.94. The molecular weight excluding hydrogens is 310 g/mol. The zero-order valence-corrected chi connectivity index (χ0v) is 13.5. The van der Waals surface area contributed by atoms with Crippen LogP contribution in [0.5, 0.6) is 0 Å². The minimum atomic E-state index is -4.03. The van der Waals surface area contributed by atoms with E-state index in [1.165, 1.54) is 17.9 Å². The maximum absolute atomic E-state index is 12.4. The Hall–Kier alpha value is -2.13. The Labute approximate surface area is 128 Å². The Balaban J connectivity index is 2.26. The number of ether oxygens (including phenoxy) is 1. The third kappa shape index (κ3) is 3.04. The first-order chi connectivity index (χ1) is 10.3. The van der Waals surface area contributed by atoms with Crippen LogP contribution in [0.4, 0.5) is 0 Å². The van der Waals surface area contributed by atoms with E-state index in [-0.39, 0.29) is 17.3 Å². The van der Waals surface area contributed by atoms with Gasteiger partial charge in [0.05, 0.1) is 11.4 Å². The van der Waals surface area contributed by atoms with Crippen molar-refractivity contribution in [3.8, 4) is 0 Å². The van der Waals surface area contributed by atoms with Crippen LogP contribution in [0.2, 0.25) is 0 Å². The molecule has 0 aliphatic carbocycles. The molecule has 1 amide bonds. The van der Waals surface area contributed by atoms with Crippen LogP contribution >= 0.6 is 0 Å². The predicted molar refractivity (Wildman–Crippen MR) is 76.8 cm³/mol. The van der Waals surface area contributed by atoms with Crippen LogP contribution in [-0.2, 0) is 28.4 Å². The normalized spacial score (nSPS) is 11.6. The van der Waals surface area contributed by atoms with Crippen molar-refractivity contribution in [3.63, 3.8) is 0 Å². The van der Waals surface area contributed by atoms with E-state index in [4.69, 9.17) is 9.15 Å². The Morgan fingerprint density at radius 1 is 1.41 bits per heavy atom. The number of carbonyl (C=O) groups is 1. The van der Waals surface area contributed by atoms with Gasteiger partial charge in [0.25, 0.3) is 10.0 Å². The van der Waals surface area contributed by atoms with Gasteiger partial charge in [0, 0.05) is 14.2 Å². The molecule has 9 heteroatoms. The summed E-state index contributed by atoms with van der Waals surface area (Å²) in [5.74, 6) is -0.515. The van der Waals surface area contributed by atoms with Crippen molar-refractivity contribution in [1.29, 1.82) is 0 Å². The molecule has 2 aromatic rings. The highest BCUT2D eigenvalue weighted by atomic mass is 32.2. The average Bonchev–Trinajstić information content (AvgIpc) is 2.95. The second kappa shape index (κ2) is 5.93. The molecule has 0 unspecified atom stereocenters. The van der Waals surface area contributed by atoms with Gasteiger partial charge in [-0.15, -0.1) is 0 Å². The van der Waals surface area contributed by atoms with Gasteiger partial charge < -0.3 is 9.15 Å². The zero-order chi connectivity index (χ0) is 16.5. The highest BCUT2D eigenvalue weighted by Crippen LogP contribution is 2.19. The van der Waals surface area contributed by atoms with Gasteiger partial charge in [-0.2, -0.15) is 5.10 Å². The first-order valence-electron chi connectivity index (χ1n) is 6.41. The van der Waals surface area contributed by atoms with E-state index in [0.717, 1.165) is 0 Å². The smallest absolute Gasteiger partial charge is 0.300 e. The second-order valence-corrected chi connectivity index (χ2v) is 6.38. The molecule has 0 radical (unpaired) electrons. The van der Waals surface area contributed by atoms with Crippen LogP contribution < -0.4 is 4.72 Å². The molecule has 0 spiro atoms. The van der Waals surface area contributed by atoms with Crippen LogP contribution in [0.1, 0.15) is 27.7 Å². The van der Waals surface area contributed by atoms with Gasteiger partial charge in [-0.05, 0) is 26.0 Å². The number of nitrogens with zero attached hydrogens (tertiary/aromatic N) is 2. The molecule has 0 aliphatic heterocycles. The molecule has 0 aromatic carbocycles. The van der Waals surface area contributed by atoms with Crippen molar-refractivity contribution in [2.24, 2.45) is 7.05 Å². The van der Waals surface area contributed by atoms with Crippen LogP contribution in [0, 0.1) is 13.8 Å². The minimum Gasteiger partial charge on any atom is -0.453 e. The number of carbonyl (C=O) groups excluding carboxylic acids is 1. The lowest BCUT2D eigenvalue weighted by atomic mass is 10.4. The lowest BCUT2D eigenvalue weighted by Crippen LogP contribution is -2.31. The van der Waals surface area contributed by atoms with Gasteiger partial charge in [-0.3, -0.25) is 9.48 Å². The molecule has 0 saturated heterocycles. The standard InChI is InChI=1S/C13H17N3O5S/c1-8-12(9(2)16(3)14-8)22(18,19)15-13(17)11-6-5-10(21-11)7-20-4/h5-6H,7H2,1-4H3,(H,15,17). The Morgan fingerprint density at radius 2 is 2.09 bits per heavy atom. The van der Waals surface area contributed by atoms with Gasteiger partial charge in [0.2, 0.25) is 0 Å². The monoisotopic (exact) mass is 327 g/mol. The Bertz CT molecular complexity index is 804. The fraction of sp³-hybridized carbons (Fsp3) is 0.385. The van der Waals surface area contributed by atoms with E-state index in [1.54, 1.807) is 27.0 Å². The molecule has 2 heterocycles. The molecule has 1 N–H and O–H groups in total. The van der Waals surface area contributed by atoms with Crippen molar-refractivity contribution < 1.29 is 22.4 Å². The van der Waals surface area contributed by atoms with Crippen molar-refractivity contribution in [1.82, 2.24) is 14.5 Å². The molecule has 0 bridgehead atoms. The molecule has 0 fully saturated rings. The first kappa shape index (κ1) is 16.2. The number of sulfonamides is 1. The molecule has 0 atom stereocenters.